The summed E-state index contributed by atoms with van der Waals surface area (Å²) < 4.78 is 25.6. The molecule has 2 aromatic carbocycles. The van der Waals surface area contributed by atoms with Crippen LogP contribution in [0.2, 0.25) is 0 Å². The monoisotopic (exact) mass is 263 g/mol. The van der Waals surface area contributed by atoms with Crippen molar-refractivity contribution in [2.24, 2.45) is 0 Å². The minimum atomic E-state index is -0.551. The molecule has 6 heteroatoms. The van der Waals surface area contributed by atoms with Crippen molar-refractivity contribution >= 4 is 23.1 Å². The van der Waals surface area contributed by atoms with Crippen LogP contribution in [-0.4, -0.2) is 6.03 Å². The number of anilines is 3. The highest BCUT2D eigenvalue weighted by Gasteiger charge is 2.05. The molecule has 0 aliphatic carbocycles. The first kappa shape index (κ1) is 12.8. The van der Waals surface area contributed by atoms with Gasteiger partial charge in [0.25, 0.3) is 0 Å². The molecule has 0 spiro atoms. The van der Waals surface area contributed by atoms with Gasteiger partial charge in [-0.15, -0.1) is 0 Å². The van der Waals surface area contributed by atoms with E-state index in [4.69, 9.17) is 5.73 Å². The lowest BCUT2D eigenvalue weighted by Crippen LogP contribution is -2.19. The van der Waals surface area contributed by atoms with Crippen LogP contribution in [0.3, 0.4) is 0 Å². The molecule has 2 amide bonds. The number of carbonyl (C=O) groups excluding carboxylic acids is 1. The van der Waals surface area contributed by atoms with Gasteiger partial charge in [-0.25, -0.2) is 13.6 Å². The molecule has 0 aliphatic rings. The fraction of sp³-hybridized carbons (Fsp3) is 0. The predicted molar refractivity (Wildman–Crippen MR) is 69.9 cm³/mol. The minimum Gasteiger partial charge on any atom is -0.396 e. The van der Waals surface area contributed by atoms with Crippen LogP contribution in [0.15, 0.2) is 42.5 Å². The normalized spacial score (nSPS) is 10.0. The van der Waals surface area contributed by atoms with Crippen LogP contribution in [0, 0.1) is 11.6 Å². The first-order chi connectivity index (χ1) is 9.04. The first-order valence-corrected chi connectivity index (χ1v) is 5.43. The van der Waals surface area contributed by atoms with E-state index in [9.17, 15) is 13.6 Å². The van der Waals surface area contributed by atoms with E-state index in [0.29, 0.717) is 11.4 Å². The van der Waals surface area contributed by atoms with E-state index < -0.39 is 17.7 Å². The predicted octanol–water partition coefficient (Wildman–Crippen LogP) is 3.19. The molecular weight excluding hydrogens is 252 g/mol. The summed E-state index contributed by atoms with van der Waals surface area (Å²) in [6, 6.07) is 8.62. The van der Waals surface area contributed by atoms with Gasteiger partial charge in [0.05, 0.1) is 5.69 Å². The number of nitrogen functional groups attached to an aromatic ring is 1. The lowest BCUT2D eigenvalue weighted by atomic mass is 10.2. The van der Waals surface area contributed by atoms with Crippen molar-refractivity contribution in [1.29, 1.82) is 0 Å². The molecule has 0 radical (unpaired) electrons. The van der Waals surface area contributed by atoms with E-state index in [2.05, 4.69) is 10.6 Å². The second-order valence-corrected chi connectivity index (χ2v) is 3.82. The Balaban J connectivity index is 2.01. The average Bonchev–Trinajstić information content (AvgIpc) is 2.37. The van der Waals surface area contributed by atoms with Crippen LogP contribution >= 0.6 is 0 Å². The van der Waals surface area contributed by atoms with Crippen molar-refractivity contribution in [2.45, 2.75) is 0 Å². The van der Waals surface area contributed by atoms with Crippen LogP contribution < -0.4 is 16.4 Å². The maximum atomic E-state index is 12.9. The largest absolute Gasteiger partial charge is 0.396 e. The summed E-state index contributed by atoms with van der Waals surface area (Å²) in [6.45, 7) is 0. The molecule has 0 bridgehead atoms. The number of nitrogens with two attached hydrogens (primary N) is 1. The van der Waals surface area contributed by atoms with E-state index in [0.717, 1.165) is 6.07 Å². The Bertz CT molecular complexity index is 599. The number of halogens is 2. The van der Waals surface area contributed by atoms with Gasteiger partial charge in [-0.1, -0.05) is 0 Å². The third-order valence-corrected chi connectivity index (χ3v) is 2.36. The van der Waals surface area contributed by atoms with Crippen molar-refractivity contribution in [3.8, 4) is 0 Å². The summed E-state index contributed by atoms with van der Waals surface area (Å²) in [7, 11) is 0. The number of carbonyl (C=O) groups is 1. The zero-order chi connectivity index (χ0) is 13.8. The summed E-state index contributed by atoms with van der Waals surface area (Å²) in [6.07, 6.45) is 0. The molecule has 0 aromatic heterocycles. The Morgan fingerprint density at radius 3 is 2.16 bits per heavy atom. The van der Waals surface area contributed by atoms with Gasteiger partial charge in [0.2, 0.25) is 0 Å². The average molecular weight is 263 g/mol. The highest BCUT2D eigenvalue weighted by atomic mass is 19.1. The van der Waals surface area contributed by atoms with Gasteiger partial charge in [-0.3, -0.25) is 0 Å². The van der Waals surface area contributed by atoms with Crippen molar-refractivity contribution < 1.29 is 13.6 Å². The van der Waals surface area contributed by atoms with E-state index in [1.807, 2.05) is 0 Å². The fourth-order valence-corrected chi connectivity index (χ4v) is 1.45. The van der Waals surface area contributed by atoms with Crippen molar-refractivity contribution in [3.63, 3.8) is 0 Å². The number of hydrogen-bond donors (Lipinski definition) is 3. The van der Waals surface area contributed by atoms with Crippen LogP contribution in [0.1, 0.15) is 0 Å². The van der Waals surface area contributed by atoms with Gasteiger partial charge in [-0.05, 0) is 42.5 Å². The zero-order valence-corrected chi connectivity index (χ0v) is 9.78. The van der Waals surface area contributed by atoms with Gasteiger partial charge in [0.1, 0.15) is 11.6 Å². The number of hydrogen-bond acceptors (Lipinski definition) is 2. The van der Waals surface area contributed by atoms with Crippen LogP contribution in [-0.2, 0) is 0 Å². The number of nitrogens with one attached hydrogen (secondary N) is 2. The summed E-state index contributed by atoms with van der Waals surface area (Å²) in [5.41, 5.74) is 6.12. The van der Waals surface area contributed by atoms with Crippen LogP contribution in [0.5, 0.6) is 0 Å². The number of benzene rings is 2. The van der Waals surface area contributed by atoms with E-state index in [1.54, 1.807) is 0 Å². The molecule has 0 unspecified atom stereocenters. The molecule has 2 rings (SSSR count). The minimum absolute atomic E-state index is 0.0559. The van der Waals surface area contributed by atoms with E-state index >= 15 is 0 Å². The SMILES string of the molecule is Nc1cc(NC(=O)Nc2ccc(F)cc2)ccc1F. The Hall–Kier alpha value is -2.63. The van der Waals surface area contributed by atoms with Crippen molar-refractivity contribution in [3.05, 3.63) is 54.1 Å². The molecule has 0 saturated carbocycles. The maximum absolute atomic E-state index is 12.9. The molecule has 0 atom stereocenters. The highest BCUT2D eigenvalue weighted by molar-refractivity contribution is 5.99. The van der Waals surface area contributed by atoms with E-state index in [1.165, 1.54) is 36.4 Å². The van der Waals surface area contributed by atoms with Crippen LogP contribution in [0.25, 0.3) is 0 Å². The van der Waals surface area contributed by atoms with E-state index in [-0.39, 0.29) is 5.69 Å². The molecule has 4 nitrogen and oxygen atoms in total. The number of urea groups is 1. The van der Waals surface area contributed by atoms with Gasteiger partial charge in [0.15, 0.2) is 0 Å². The lowest BCUT2D eigenvalue weighted by Gasteiger charge is -2.08. The first-order valence-electron chi connectivity index (χ1n) is 5.43. The number of amides is 2. The van der Waals surface area contributed by atoms with Crippen LogP contribution in [0.4, 0.5) is 30.6 Å². The van der Waals surface area contributed by atoms with Crippen molar-refractivity contribution in [2.75, 3.05) is 16.4 Å². The third-order valence-electron chi connectivity index (χ3n) is 2.36. The Morgan fingerprint density at radius 1 is 0.947 bits per heavy atom. The standard InChI is InChI=1S/C13H11F2N3O/c14-8-1-3-9(4-2-8)17-13(19)18-10-5-6-11(15)12(16)7-10/h1-7H,16H2,(H2,17,18,19). The third kappa shape index (κ3) is 3.41. The van der Waals surface area contributed by atoms with Crippen molar-refractivity contribution in [1.82, 2.24) is 0 Å². The molecule has 98 valence electrons. The molecule has 0 aliphatic heterocycles. The maximum Gasteiger partial charge on any atom is 0.323 e. The smallest absolute Gasteiger partial charge is 0.323 e. The molecular formula is C13H11F2N3O. The Labute approximate surface area is 108 Å². The molecule has 0 fully saturated rings. The van der Waals surface area contributed by atoms with Gasteiger partial charge < -0.3 is 16.4 Å². The lowest BCUT2D eigenvalue weighted by molar-refractivity contribution is 0.262. The Morgan fingerprint density at radius 2 is 1.53 bits per heavy atom. The summed E-state index contributed by atoms with van der Waals surface area (Å²) in [5, 5.41) is 4.98. The molecule has 0 saturated heterocycles. The topological polar surface area (TPSA) is 67.1 Å². The molecule has 19 heavy (non-hydrogen) atoms. The van der Waals surface area contributed by atoms with Gasteiger partial charge in [-0.2, -0.15) is 0 Å². The second-order valence-electron chi connectivity index (χ2n) is 3.82. The van der Waals surface area contributed by atoms with Gasteiger partial charge in [0, 0.05) is 11.4 Å². The fourth-order valence-electron chi connectivity index (χ4n) is 1.45. The number of rotatable bonds is 2. The second kappa shape index (κ2) is 5.34. The zero-order valence-electron chi connectivity index (χ0n) is 9.78. The molecule has 4 N–H and O–H groups in total. The van der Waals surface area contributed by atoms with Gasteiger partial charge >= 0.3 is 6.03 Å². The Kier molecular flexibility index (Phi) is 3.61. The molecule has 2 aromatic rings. The highest BCUT2D eigenvalue weighted by Crippen LogP contribution is 2.16. The summed E-state index contributed by atoms with van der Waals surface area (Å²) in [5.74, 6) is -0.943. The summed E-state index contributed by atoms with van der Waals surface area (Å²) >= 11 is 0. The molecule has 0 heterocycles. The quantitative estimate of drug-likeness (QED) is 0.728. The summed E-state index contributed by atoms with van der Waals surface area (Å²) in [4.78, 5) is 11.6.